The molecule has 0 saturated heterocycles. The minimum absolute atomic E-state index is 0.174. The summed E-state index contributed by atoms with van der Waals surface area (Å²) in [6, 6.07) is 0.476. The maximum atomic E-state index is 6.06. The summed E-state index contributed by atoms with van der Waals surface area (Å²) in [5, 5.41) is 3.60. The summed E-state index contributed by atoms with van der Waals surface area (Å²) >= 11 is 0. The summed E-state index contributed by atoms with van der Waals surface area (Å²) in [5.74, 6) is 0. The molecule has 0 aliphatic carbocycles. The molecule has 3 heteroatoms. The second kappa shape index (κ2) is 11.0. The maximum absolute atomic E-state index is 6.06. The summed E-state index contributed by atoms with van der Waals surface area (Å²) in [5.41, 5.74) is 0. The van der Waals surface area contributed by atoms with Crippen molar-refractivity contribution in [2.75, 3.05) is 20.3 Å². The van der Waals surface area contributed by atoms with Gasteiger partial charge in [0.05, 0.1) is 18.8 Å². The average molecular weight is 245 g/mol. The van der Waals surface area contributed by atoms with E-state index in [0.29, 0.717) is 18.8 Å². The van der Waals surface area contributed by atoms with Gasteiger partial charge in [0.15, 0.2) is 0 Å². The largest absolute Gasteiger partial charge is 0.382 e. The van der Waals surface area contributed by atoms with E-state index >= 15 is 0 Å². The molecule has 17 heavy (non-hydrogen) atoms. The molecule has 0 aromatic heterocycles. The lowest BCUT2D eigenvalue weighted by atomic mass is 10.0. The van der Waals surface area contributed by atoms with Crippen LogP contribution < -0.4 is 5.32 Å². The van der Waals surface area contributed by atoms with Crippen LogP contribution in [-0.4, -0.2) is 38.5 Å². The van der Waals surface area contributed by atoms with Crippen molar-refractivity contribution in [3.05, 3.63) is 0 Å². The second-order valence-electron chi connectivity index (χ2n) is 4.70. The predicted octanol–water partition coefficient (Wildman–Crippen LogP) is 2.98. The van der Waals surface area contributed by atoms with Crippen LogP contribution >= 0.6 is 0 Å². The van der Waals surface area contributed by atoms with Crippen molar-refractivity contribution < 1.29 is 9.47 Å². The lowest BCUT2D eigenvalue weighted by molar-refractivity contribution is -0.0557. The maximum Gasteiger partial charge on any atom is 0.0784 e. The highest BCUT2D eigenvalue weighted by Gasteiger charge is 2.21. The first-order valence-electron chi connectivity index (χ1n) is 7.07. The first-order chi connectivity index (χ1) is 8.19. The molecule has 0 radical (unpaired) electrons. The monoisotopic (exact) mass is 245 g/mol. The molecule has 0 aromatic rings. The van der Waals surface area contributed by atoms with Gasteiger partial charge < -0.3 is 14.8 Å². The van der Waals surface area contributed by atoms with Crippen LogP contribution in [0.3, 0.4) is 0 Å². The van der Waals surface area contributed by atoms with Crippen molar-refractivity contribution in [3.63, 3.8) is 0 Å². The van der Waals surface area contributed by atoms with Gasteiger partial charge in [-0.3, -0.25) is 0 Å². The van der Waals surface area contributed by atoms with Crippen LogP contribution in [0.25, 0.3) is 0 Å². The summed E-state index contributed by atoms with van der Waals surface area (Å²) in [4.78, 5) is 0. The van der Waals surface area contributed by atoms with Crippen molar-refractivity contribution in [2.24, 2.45) is 0 Å². The molecule has 104 valence electrons. The zero-order valence-electron chi connectivity index (χ0n) is 12.3. The summed E-state index contributed by atoms with van der Waals surface area (Å²) in [7, 11) is 1.72. The van der Waals surface area contributed by atoms with Crippen molar-refractivity contribution >= 4 is 0 Å². The fourth-order valence-electron chi connectivity index (χ4n) is 2.11. The molecular formula is C14H31NO2. The third-order valence-corrected chi connectivity index (χ3v) is 2.92. The van der Waals surface area contributed by atoms with E-state index in [1.165, 1.54) is 19.3 Å². The van der Waals surface area contributed by atoms with Crippen LogP contribution in [0.15, 0.2) is 0 Å². The zero-order valence-corrected chi connectivity index (χ0v) is 12.3. The smallest absolute Gasteiger partial charge is 0.0784 e. The van der Waals surface area contributed by atoms with E-state index in [9.17, 15) is 0 Å². The molecule has 0 aliphatic heterocycles. The Kier molecular flexibility index (Phi) is 10.9. The van der Waals surface area contributed by atoms with Crippen LogP contribution in [0.2, 0.25) is 0 Å². The Morgan fingerprint density at radius 2 is 1.82 bits per heavy atom. The van der Waals surface area contributed by atoms with Crippen LogP contribution in [0.1, 0.15) is 53.4 Å². The standard InChI is InChI=1S/C14H31NO2/c1-6-9-13(15-10-7-2)14(8-3)17-12(4)11-16-5/h12-15H,6-11H2,1-5H3. The molecule has 0 rings (SSSR count). The van der Waals surface area contributed by atoms with Gasteiger partial charge in [-0.25, -0.2) is 0 Å². The van der Waals surface area contributed by atoms with Gasteiger partial charge in [-0.05, 0) is 32.7 Å². The highest BCUT2D eigenvalue weighted by molar-refractivity contribution is 4.76. The Hall–Kier alpha value is -0.120. The summed E-state index contributed by atoms with van der Waals surface area (Å²) in [6.07, 6.45) is 5.07. The van der Waals surface area contributed by atoms with E-state index in [1.807, 2.05) is 0 Å². The highest BCUT2D eigenvalue weighted by Crippen LogP contribution is 2.13. The van der Waals surface area contributed by atoms with Gasteiger partial charge in [0, 0.05) is 13.2 Å². The molecule has 0 aromatic carbocycles. The summed E-state index contributed by atoms with van der Waals surface area (Å²) in [6.45, 7) is 10.4. The molecule has 0 spiro atoms. The van der Waals surface area contributed by atoms with E-state index < -0.39 is 0 Å². The number of hydrogen-bond acceptors (Lipinski definition) is 3. The lowest BCUT2D eigenvalue weighted by Gasteiger charge is -2.29. The normalized spacial score (nSPS) is 16.8. The van der Waals surface area contributed by atoms with Gasteiger partial charge in [-0.15, -0.1) is 0 Å². The highest BCUT2D eigenvalue weighted by atomic mass is 16.5. The molecule has 1 N–H and O–H groups in total. The average Bonchev–Trinajstić information content (AvgIpc) is 2.32. The van der Waals surface area contributed by atoms with Crippen molar-refractivity contribution in [2.45, 2.75) is 71.6 Å². The number of nitrogens with one attached hydrogen (secondary N) is 1. The molecule has 0 amide bonds. The van der Waals surface area contributed by atoms with Crippen LogP contribution in [-0.2, 0) is 9.47 Å². The van der Waals surface area contributed by atoms with Crippen LogP contribution in [0.5, 0.6) is 0 Å². The Labute approximate surface area is 107 Å². The van der Waals surface area contributed by atoms with Gasteiger partial charge in [0.25, 0.3) is 0 Å². The van der Waals surface area contributed by atoms with E-state index in [4.69, 9.17) is 9.47 Å². The van der Waals surface area contributed by atoms with Gasteiger partial charge in [0.2, 0.25) is 0 Å². The van der Waals surface area contributed by atoms with Gasteiger partial charge in [0.1, 0.15) is 0 Å². The minimum atomic E-state index is 0.174. The van der Waals surface area contributed by atoms with Crippen LogP contribution in [0.4, 0.5) is 0 Å². The molecule has 3 unspecified atom stereocenters. The molecular weight excluding hydrogens is 214 g/mol. The third kappa shape index (κ3) is 7.74. The SMILES string of the molecule is CCCNC(CCC)C(CC)OC(C)COC. The number of rotatable bonds is 11. The minimum Gasteiger partial charge on any atom is -0.382 e. The molecule has 0 fully saturated rings. The number of hydrogen-bond donors (Lipinski definition) is 1. The topological polar surface area (TPSA) is 30.5 Å². The zero-order chi connectivity index (χ0) is 13.1. The quantitative estimate of drug-likeness (QED) is 0.607. The molecule has 0 bridgehead atoms. The molecule has 0 aliphatic rings. The predicted molar refractivity (Wildman–Crippen MR) is 73.5 cm³/mol. The van der Waals surface area contributed by atoms with Crippen molar-refractivity contribution in [1.29, 1.82) is 0 Å². The second-order valence-corrected chi connectivity index (χ2v) is 4.70. The summed E-state index contributed by atoms with van der Waals surface area (Å²) < 4.78 is 11.2. The van der Waals surface area contributed by atoms with Crippen molar-refractivity contribution in [3.8, 4) is 0 Å². The van der Waals surface area contributed by atoms with Crippen LogP contribution in [0, 0.1) is 0 Å². The van der Waals surface area contributed by atoms with Gasteiger partial charge in [-0.2, -0.15) is 0 Å². The number of ether oxygens (including phenoxy) is 2. The van der Waals surface area contributed by atoms with Gasteiger partial charge >= 0.3 is 0 Å². The Bertz CT molecular complexity index is 164. The molecule has 3 atom stereocenters. The van der Waals surface area contributed by atoms with Crippen molar-refractivity contribution in [1.82, 2.24) is 5.32 Å². The fourth-order valence-corrected chi connectivity index (χ4v) is 2.11. The Balaban J connectivity index is 4.22. The van der Waals surface area contributed by atoms with E-state index in [1.54, 1.807) is 7.11 Å². The Morgan fingerprint density at radius 3 is 2.29 bits per heavy atom. The fraction of sp³-hybridized carbons (Fsp3) is 1.00. The molecule has 0 heterocycles. The van der Waals surface area contributed by atoms with E-state index in [2.05, 4.69) is 33.0 Å². The van der Waals surface area contributed by atoms with E-state index in [0.717, 1.165) is 13.0 Å². The number of methoxy groups -OCH3 is 1. The van der Waals surface area contributed by atoms with Gasteiger partial charge in [-0.1, -0.05) is 27.2 Å². The first kappa shape index (κ1) is 16.9. The molecule has 0 saturated carbocycles. The van der Waals surface area contributed by atoms with E-state index in [-0.39, 0.29) is 6.10 Å². The Morgan fingerprint density at radius 1 is 1.12 bits per heavy atom. The first-order valence-corrected chi connectivity index (χ1v) is 7.07. The molecule has 3 nitrogen and oxygen atoms in total. The lowest BCUT2D eigenvalue weighted by Crippen LogP contribution is -2.43. The third-order valence-electron chi connectivity index (χ3n) is 2.92.